The minimum atomic E-state index is -3.73. The van der Waals surface area contributed by atoms with Gasteiger partial charge in [0, 0.05) is 23.9 Å². The molecule has 2 atom stereocenters. The Balaban J connectivity index is 1.56. The van der Waals surface area contributed by atoms with Crippen LogP contribution in [0.3, 0.4) is 0 Å². The maximum absolute atomic E-state index is 14.1. The molecule has 38 heavy (non-hydrogen) atoms. The topological polar surface area (TPSA) is 64.6 Å². The van der Waals surface area contributed by atoms with Crippen LogP contribution in [-0.4, -0.2) is 27.9 Å². The highest BCUT2D eigenvalue weighted by Crippen LogP contribution is 2.37. The summed E-state index contributed by atoms with van der Waals surface area (Å²) in [5.41, 5.74) is 5.76. The number of methoxy groups -OCH3 is 2. The summed E-state index contributed by atoms with van der Waals surface area (Å²) in [7, 11) is -0.675. The molecule has 0 saturated carbocycles. The average Bonchev–Trinajstić information content (AvgIpc) is 3.25. The molecule has 3 aromatic carbocycles. The van der Waals surface area contributed by atoms with E-state index in [4.69, 9.17) is 9.47 Å². The molecule has 0 aromatic heterocycles. The number of sulfone groups is 1. The molecule has 0 radical (unpaired) electrons. The van der Waals surface area contributed by atoms with Gasteiger partial charge in [-0.25, -0.2) is 8.42 Å². The van der Waals surface area contributed by atoms with Crippen molar-refractivity contribution in [1.82, 2.24) is 5.32 Å². The van der Waals surface area contributed by atoms with Crippen LogP contribution >= 0.6 is 0 Å². The van der Waals surface area contributed by atoms with Crippen molar-refractivity contribution in [3.05, 3.63) is 112 Å². The van der Waals surface area contributed by atoms with Crippen LogP contribution < -0.4 is 25.2 Å². The zero-order valence-electron chi connectivity index (χ0n) is 21.3. The van der Waals surface area contributed by atoms with Gasteiger partial charge in [-0.2, -0.15) is 0 Å². The minimum absolute atomic E-state index is 0.113. The smallest absolute Gasteiger partial charge is 0.184 e. The Labute approximate surface area is 223 Å². The first-order chi connectivity index (χ1) is 18.5. The molecule has 192 valence electrons. The van der Waals surface area contributed by atoms with Crippen LogP contribution in [-0.2, 0) is 16.3 Å². The molecule has 3 aliphatic rings. The summed E-state index contributed by atoms with van der Waals surface area (Å²) in [4.78, 5) is 0.223. The summed E-state index contributed by atoms with van der Waals surface area (Å²) in [6.45, 7) is 0. The summed E-state index contributed by atoms with van der Waals surface area (Å²) < 4.78 is 39.0. The molecule has 0 bridgehead atoms. The molecule has 5 nitrogen and oxygen atoms in total. The number of ether oxygens (including phenoxy) is 2. The van der Waals surface area contributed by atoms with E-state index in [9.17, 15) is 8.42 Å². The Hall–Kier alpha value is -4.03. The lowest BCUT2D eigenvalue weighted by molar-refractivity contribution is 0.354. The second kappa shape index (κ2) is 9.69. The number of fused-ring (bicyclic) bond motifs is 5. The largest absolute Gasteiger partial charge is 0.493 e. The van der Waals surface area contributed by atoms with Crippen LogP contribution in [0.2, 0.25) is 0 Å². The van der Waals surface area contributed by atoms with Crippen LogP contribution in [0.25, 0.3) is 23.3 Å². The van der Waals surface area contributed by atoms with E-state index in [2.05, 4.69) is 47.8 Å². The molecule has 0 fully saturated rings. The molecule has 2 unspecified atom stereocenters. The second-order valence-electron chi connectivity index (χ2n) is 9.66. The maximum atomic E-state index is 14.1. The monoisotopic (exact) mass is 523 g/mol. The van der Waals surface area contributed by atoms with Crippen molar-refractivity contribution in [2.45, 2.75) is 28.9 Å². The molecule has 1 aliphatic heterocycles. The third-order valence-corrected chi connectivity index (χ3v) is 9.69. The van der Waals surface area contributed by atoms with Crippen molar-refractivity contribution < 1.29 is 17.9 Å². The van der Waals surface area contributed by atoms with Crippen molar-refractivity contribution in [2.75, 3.05) is 14.2 Å². The van der Waals surface area contributed by atoms with Gasteiger partial charge in [0.15, 0.2) is 21.3 Å². The molecule has 0 amide bonds. The Bertz CT molecular complexity index is 1750. The van der Waals surface area contributed by atoms with Gasteiger partial charge in [0.25, 0.3) is 0 Å². The molecule has 0 spiro atoms. The van der Waals surface area contributed by atoms with Gasteiger partial charge in [-0.05, 0) is 69.8 Å². The van der Waals surface area contributed by atoms with Crippen molar-refractivity contribution >= 4 is 22.0 Å². The highest BCUT2D eigenvalue weighted by atomic mass is 32.2. The Morgan fingerprint density at radius 2 is 1.71 bits per heavy atom. The van der Waals surface area contributed by atoms with Gasteiger partial charge in [0.2, 0.25) is 0 Å². The zero-order valence-corrected chi connectivity index (χ0v) is 22.2. The molecule has 2 aliphatic carbocycles. The van der Waals surface area contributed by atoms with Crippen LogP contribution in [0, 0.1) is 0 Å². The molecule has 3 aromatic rings. The van der Waals surface area contributed by atoms with Gasteiger partial charge in [0.1, 0.15) is 0 Å². The first-order valence-electron chi connectivity index (χ1n) is 12.7. The van der Waals surface area contributed by atoms with E-state index in [-0.39, 0.29) is 10.8 Å². The van der Waals surface area contributed by atoms with E-state index >= 15 is 0 Å². The number of allylic oxidation sites excluding steroid dienone is 5. The summed E-state index contributed by atoms with van der Waals surface area (Å²) >= 11 is 0. The zero-order chi connectivity index (χ0) is 26.3. The predicted octanol–water partition coefficient (Wildman–Crippen LogP) is 4.37. The van der Waals surface area contributed by atoms with Gasteiger partial charge in [0.05, 0.1) is 24.4 Å². The van der Waals surface area contributed by atoms with Crippen LogP contribution in [0.5, 0.6) is 11.5 Å². The standard InChI is InChI=1S/C32H29NO4S/c1-36-31-16-12-22(20-32(31)37-2)38(34,35)23-18-28-26-13-11-21-8-5-6-9-24(21)25(26)14-15-27(28)29(19-23)30-10-4-3-7-17-33-30/h3-10,12-18,20,23,29,33H,11,19H2,1-2H3. The molecule has 0 saturated heterocycles. The van der Waals surface area contributed by atoms with E-state index in [1.54, 1.807) is 18.2 Å². The number of rotatable bonds is 5. The first-order valence-corrected chi connectivity index (χ1v) is 14.2. The Morgan fingerprint density at radius 1 is 0.868 bits per heavy atom. The number of benzene rings is 3. The molecular formula is C32H29NO4S. The lowest BCUT2D eigenvalue weighted by Gasteiger charge is -2.30. The van der Waals surface area contributed by atoms with Gasteiger partial charge in [-0.3, -0.25) is 0 Å². The Morgan fingerprint density at radius 3 is 2.55 bits per heavy atom. The molecule has 6 heteroatoms. The fourth-order valence-corrected chi connectivity index (χ4v) is 7.39. The highest BCUT2D eigenvalue weighted by Gasteiger charge is 2.35. The van der Waals surface area contributed by atoms with E-state index in [0.29, 0.717) is 17.9 Å². The third-order valence-electron chi connectivity index (χ3n) is 7.65. The van der Waals surface area contributed by atoms with Crippen molar-refractivity contribution in [3.63, 3.8) is 0 Å². The van der Waals surface area contributed by atoms with Crippen molar-refractivity contribution in [3.8, 4) is 22.6 Å². The van der Waals surface area contributed by atoms with E-state index in [0.717, 1.165) is 33.7 Å². The van der Waals surface area contributed by atoms with E-state index < -0.39 is 15.1 Å². The molecular weight excluding hydrogens is 494 g/mol. The van der Waals surface area contributed by atoms with Crippen molar-refractivity contribution in [2.24, 2.45) is 0 Å². The summed E-state index contributed by atoms with van der Waals surface area (Å²) in [6.07, 6.45) is 15.3. The van der Waals surface area contributed by atoms with Crippen LogP contribution in [0.4, 0.5) is 0 Å². The number of hydrogen-bond acceptors (Lipinski definition) is 5. The van der Waals surface area contributed by atoms with Gasteiger partial charge >= 0.3 is 0 Å². The van der Waals surface area contributed by atoms with Crippen LogP contribution in [0.1, 0.15) is 23.5 Å². The van der Waals surface area contributed by atoms with Gasteiger partial charge < -0.3 is 14.8 Å². The summed E-state index contributed by atoms with van der Waals surface area (Å²) in [5.74, 6) is 0.779. The predicted molar refractivity (Wildman–Crippen MR) is 151 cm³/mol. The van der Waals surface area contributed by atoms with Crippen LogP contribution in [0.15, 0.2) is 95.7 Å². The lowest BCUT2D eigenvalue weighted by Crippen LogP contribution is -2.41. The SMILES string of the molecule is COc1ccc(S(=O)(=O)C2C=c3c(ccc4c3=CCc3ccccc3-4)C(C3=CC=CC=CN3)C2)cc1OC. The highest BCUT2D eigenvalue weighted by molar-refractivity contribution is 7.92. The molecule has 1 N–H and O–H groups in total. The normalized spacial score (nSPS) is 19.4. The fraction of sp³-hybridized carbons (Fsp3) is 0.188. The average molecular weight is 524 g/mol. The van der Waals surface area contributed by atoms with E-state index in [1.807, 2.05) is 36.6 Å². The van der Waals surface area contributed by atoms with Gasteiger partial charge in [-0.1, -0.05) is 60.7 Å². The van der Waals surface area contributed by atoms with E-state index in [1.165, 1.54) is 25.3 Å². The van der Waals surface area contributed by atoms with Crippen molar-refractivity contribution in [1.29, 1.82) is 0 Å². The first kappa shape index (κ1) is 24.3. The molecule has 1 heterocycles. The number of nitrogens with one attached hydrogen (secondary N) is 1. The fourth-order valence-electron chi connectivity index (χ4n) is 5.75. The second-order valence-corrected chi connectivity index (χ2v) is 11.8. The molecule has 6 rings (SSSR count). The summed E-state index contributed by atoms with van der Waals surface area (Å²) in [6, 6.07) is 17.6. The van der Waals surface area contributed by atoms with Gasteiger partial charge in [-0.15, -0.1) is 0 Å². The Kier molecular flexibility index (Phi) is 6.20. The third kappa shape index (κ3) is 4.05. The maximum Gasteiger partial charge on any atom is 0.184 e. The lowest BCUT2D eigenvalue weighted by atomic mass is 9.81. The minimum Gasteiger partial charge on any atom is -0.493 e. The summed E-state index contributed by atoms with van der Waals surface area (Å²) in [5, 5.41) is 4.79. The number of hydrogen-bond donors (Lipinski definition) is 1. The quantitative estimate of drug-likeness (QED) is 0.538.